The molecule has 0 N–H and O–H groups in total. The molecule has 2 fully saturated rings. The first-order chi connectivity index (χ1) is 10.7. The number of likely N-dealkylation sites (tertiary alicyclic amines) is 1. The number of fused-ring (bicyclic) bond motifs is 1. The Morgan fingerprint density at radius 3 is 2.86 bits per heavy atom. The molecule has 2 aliphatic rings. The summed E-state index contributed by atoms with van der Waals surface area (Å²) in [4.78, 5) is 23.1. The Labute approximate surface area is 134 Å². The Bertz CT molecular complexity index is 705. The minimum Gasteiger partial charge on any atom is -0.355 e. The maximum absolute atomic E-state index is 11.5. The number of thiophene rings is 1. The van der Waals surface area contributed by atoms with Crippen molar-refractivity contribution in [2.75, 3.05) is 31.1 Å². The molecular weight excluding hydrogens is 294 g/mol. The van der Waals surface area contributed by atoms with Crippen LogP contribution in [-0.4, -0.2) is 47.9 Å². The number of carbonyl (C=O) groups excluding carboxylic acids is 1. The van der Waals surface area contributed by atoms with Gasteiger partial charge >= 0.3 is 0 Å². The van der Waals surface area contributed by atoms with Crippen LogP contribution in [0.25, 0.3) is 10.2 Å². The first kappa shape index (κ1) is 14.2. The molecule has 0 spiro atoms. The fourth-order valence-corrected chi connectivity index (χ4v) is 4.53. The summed E-state index contributed by atoms with van der Waals surface area (Å²) in [6.45, 7) is 6.32. The lowest BCUT2D eigenvalue weighted by Gasteiger charge is -2.24. The Morgan fingerprint density at radius 2 is 2.09 bits per heavy atom. The Morgan fingerprint density at radius 1 is 1.27 bits per heavy atom. The third kappa shape index (κ3) is 2.52. The highest BCUT2D eigenvalue weighted by atomic mass is 32.1. The summed E-state index contributed by atoms with van der Waals surface area (Å²) in [7, 11) is 0. The lowest BCUT2D eigenvalue weighted by atomic mass is 10.2. The molecule has 2 aromatic heterocycles. The molecule has 0 saturated carbocycles. The molecule has 5 heteroatoms. The maximum atomic E-state index is 11.5. The van der Waals surface area contributed by atoms with Crippen molar-refractivity contribution in [3.05, 3.63) is 23.1 Å². The van der Waals surface area contributed by atoms with E-state index in [0.717, 1.165) is 34.0 Å². The van der Waals surface area contributed by atoms with Crippen molar-refractivity contribution in [3.63, 3.8) is 0 Å². The van der Waals surface area contributed by atoms with Crippen LogP contribution < -0.4 is 4.90 Å². The van der Waals surface area contributed by atoms with Crippen molar-refractivity contribution < 1.29 is 4.79 Å². The summed E-state index contributed by atoms with van der Waals surface area (Å²) in [6, 6.07) is 6.85. The van der Waals surface area contributed by atoms with E-state index in [4.69, 9.17) is 4.98 Å². The number of anilines is 1. The zero-order chi connectivity index (χ0) is 15.1. The number of Topliss-reactive ketones (excluding diaryl/α,β-unsaturated/α-hetero) is 1. The zero-order valence-corrected chi connectivity index (χ0v) is 13.7. The summed E-state index contributed by atoms with van der Waals surface area (Å²) in [6.07, 6.45) is 3.94. The van der Waals surface area contributed by atoms with Gasteiger partial charge in [-0.2, -0.15) is 0 Å². The molecule has 0 bridgehead atoms. The molecule has 2 aliphatic heterocycles. The second kappa shape index (κ2) is 5.63. The summed E-state index contributed by atoms with van der Waals surface area (Å²) < 4.78 is 0. The quantitative estimate of drug-likeness (QED) is 0.815. The highest BCUT2D eigenvalue weighted by Crippen LogP contribution is 2.29. The van der Waals surface area contributed by atoms with Crippen molar-refractivity contribution >= 4 is 33.2 Å². The monoisotopic (exact) mass is 315 g/mol. The number of hydrogen-bond acceptors (Lipinski definition) is 5. The third-order valence-electron chi connectivity index (χ3n) is 4.86. The number of rotatable bonds is 3. The number of ketones is 1. The molecule has 0 aromatic carbocycles. The Balaban J connectivity index is 1.55. The summed E-state index contributed by atoms with van der Waals surface area (Å²) in [5, 5.41) is 1.08. The van der Waals surface area contributed by atoms with E-state index in [1.165, 1.54) is 43.7 Å². The van der Waals surface area contributed by atoms with E-state index in [9.17, 15) is 4.79 Å². The fourth-order valence-electron chi connectivity index (χ4n) is 3.61. The Kier molecular flexibility index (Phi) is 3.62. The molecule has 4 heterocycles. The minimum absolute atomic E-state index is 0.125. The zero-order valence-electron chi connectivity index (χ0n) is 12.9. The standard InChI is InChI=1S/C17H21N3OS/c1-12(21)15-10-13-4-5-16(18-17(13)22-15)20-9-6-14(11-20)19-7-2-3-8-19/h4-5,10,14H,2-3,6-9,11H2,1H3. The van der Waals surface area contributed by atoms with Crippen LogP contribution in [-0.2, 0) is 0 Å². The molecule has 1 atom stereocenters. The molecule has 0 radical (unpaired) electrons. The molecular formula is C17H21N3OS. The summed E-state index contributed by atoms with van der Waals surface area (Å²) >= 11 is 1.51. The smallest absolute Gasteiger partial charge is 0.169 e. The van der Waals surface area contributed by atoms with E-state index >= 15 is 0 Å². The van der Waals surface area contributed by atoms with Crippen LogP contribution in [0, 0.1) is 0 Å². The van der Waals surface area contributed by atoms with Crippen molar-refractivity contribution in [2.45, 2.75) is 32.2 Å². The lowest BCUT2D eigenvalue weighted by molar-refractivity contribution is 0.102. The number of carbonyl (C=O) groups is 1. The van der Waals surface area contributed by atoms with Gasteiger partial charge in [-0.05, 0) is 57.5 Å². The highest BCUT2D eigenvalue weighted by Gasteiger charge is 2.29. The Hall–Kier alpha value is -1.46. The molecule has 22 heavy (non-hydrogen) atoms. The van der Waals surface area contributed by atoms with Gasteiger partial charge in [0.05, 0.1) is 4.88 Å². The van der Waals surface area contributed by atoms with Crippen molar-refractivity contribution in [1.82, 2.24) is 9.88 Å². The van der Waals surface area contributed by atoms with Gasteiger partial charge in [0.15, 0.2) is 5.78 Å². The molecule has 116 valence electrons. The van der Waals surface area contributed by atoms with Gasteiger partial charge in [-0.1, -0.05) is 0 Å². The predicted molar refractivity (Wildman–Crippen MR) is 91.0 cm³/mol. The average Bonchev–Trinajstić information content (AvgIpc) is 3.24. The summed E-state index contributed by atoms with van der Waals surface area (Å²) in [5.74, 6) is 1.19. The van der Waals surface area contributed by atoms with E-state index in [2.05, 4.69) is 21.9 Å². The SMILES string of the molecule is CC(=O)c1cc2ccc(N3CCC(N4CCCC4)C3)nc2s1. The van der Waals surface area contributed by atoms with Gasteiger partial charge in [-0.15, -0.1) is 11.3 Å². The van der Waals surface area contributed by atoms with Crippen LogP contribution in [0.1, 0.15) is 35.9 Å². The van der Waals surface area contributed by atoms with Gasteiger partial charge < -0.3 is 4.90 Å². The van der Waals surface area contributed by atoms with Crippen LogP contribution in [0.15, 0.2) is 18.2 Å². The number of nitrogens with zero attached hydrogens (tertiary/aromatic N) is 3. The second-order valence-corrected chi connectivity index (χ2v) is 7.39. The van der Waals surface area contributed by atoms with E-state index in [-0.39, 0.29) is 5.78 Å². The molecule has 0 aliphatic carbocycles. The van der Waals surface area contributed by atoms with Gasteiger partial charge in [0, 0.05) is 24.5 Å². The van der Waals surface area contributed by atoms with Crippen LogP contribution in [0.2, 0.25) is 0 Å². The van der Waals surface area contributed by atoms with Crippen molar-refractivity contribution in [2.24, 2.45) is 0 Å². The second-order valence-electron chi connectivity index (χ2n) is 6.36. The number of hydrogen-bond donors (Lipinski definition) is 0. The first-order valence-corrected chi connectivity index (χ1v) is 8.93. The van der Waals surface area contributed by atoms with Crippen molar-refractivity contribution in [3.8, 4) is 0 Å². The van der Waals surface area contributed by atoms with Crippen LogP contribution in [0.3, 0.4) is 0 Å². The fraction of sp³-hybridized carbons (Fsp3) is 0.529. The molecule has 4 nitrogen and oxygen atoms in total. The molecule has 2 saturated heterocycles. The van der Waals surface area contributed by atoms with Gasteiger partial charge in [-0.3, -0.25) is 9.69 Å². The van der Waals surface area contributed by atoms with Crippen LogP contribution >= 0.6 is 11.3 Å². The van der Waals surface area contributed by atoms with Crippen LogP contribution in [0.4, 0.5) is 5.82 Å². The number of pyridine rings is 1. The predicted octanol–water partition coefficient (Wildman–Crippen LogP) is 3.17. The van der Waals surface area contributed by atoms with E-state index in [1.54, 1.807) is 6.92 Å². The molecule has 4 rings (SSSR count). The van der Waals surface area contributed by atoms with Crippen molar-refractivity contribution in [1.29, 1.82) is 0 Å². The first-order valence-electron chi connectivity index (χ1n) is 8.11. The van der Waals surface area contributed by atoms with E-state index < -0.39 is 0 Å². The molecule has 2 aromatic rings. The van der Waals surface area contributed by atoms with Gasteiger partial charge in [0.25, 0.3) is 0 Å². The lowest BCUT2D eigenvalue weighted by Crippen LogP contribution is -2.35. The highest BCUT2D eigenvalue weighted by molar-refractivity contribution is 7.20. The molecule has 0 amide bonds. The van der Waals surface area contributed by atoms with Crippen LogP contribution in [0.5, 0.6) is 0 Å². The van der Waals surface area contributed by atoms with Gasteiger partial charge in [0.1, 0.15) is 10.6 Å². The topological polar surface area (TPSA) is 36.4 Å². The number of aromatic nitrogens is 1. The average molecular weight is 315 g/mol. The maximum Gasteiger partial charge on any atom is 0.169 e. The van der Waals surface area contributed by atoms with Gasteiger partial charge in [0.2, 0.25) is 0 Å². The van der Waals surface area contributed by atoms with E-state index in [1.807, 2.05) is 6.07 Å². The van der Waals surface area contributed by atoms with E-state index in [0.29, 0.717) is 6.04 Å². The van der Waals surface area contributed by atoms with Gasteiger partial charge in [-0.25, -0.2) is 4.98 Å². The third-order valence-corrected chi connectivity index (χ3v) is 6.01. The normalized spacial score (nSPS) is 22.8. The minimum atomic E-state index is 0.125. The summed E-state index contributed by atoms with van der Waals surface area (Å²) in [5.41, 5.74) is 0. The molecule has 1 unspecified atom stereocenters. The largest absolute Gasteiger partial charge is 0.355 e.